The minimum Gasteiger partial charge on any atom is -0.324 e. The zero-order chi connectivity index (χ0) is 10.7. The Bertz CT molecular complexity index is 312. The molecule has 14 heavy (non-hydrogen) atoms. The van der Waals surface area contributed by atoms with Crippen molar-refractivity contribution in [1.29, 1.82) is 0 Å². The number of nitrogens with two attached hydrogens (primary N) is 1. The van der Waals surface area contributed by atoms with Crippen LogP contribution in [-0.4, -0.2) is 6.43 Å². The summed E-state index contributed by atoms with van der Waals surface area (Å²) < 4.78 is 37.2. The Morgan fingerprint density at radius 3 is 2.50 bits per heavy atom. The lowest BCUT2D eigenvalue weighted by Crippen LogP contribution is -2.15. The highest BCUT2D eigenvalue weighted by Gasteiger charge is 2.16. The molecule has 1 aromatic carbocycles. The van der Waals surface area contributed by atoms with Crippen LogP contribution in [-0.2, 0) is 0 Å². The fraction of sp³-hybridized carbons (Fsp3) is 0.400. The average Bonchev–Trinajstić information content (AvgIpc) is 2.01. The summed E-state index contributed by atoms with van der Waals surface area (Å²) in [7, 11) is 0. The summed E-state index contributed by atoms with van der Waals surface area (Å²) in [5.74, 6) is -0.516. The fourth-order valence-corrected chi connectivity index (χ4v) is 1.25. The maximum Gasteiger partial charge on any atom is 0.240 e. The molecule has 0 saturated heterocycles. The van der Waals surface area contributed by atoms with E-state index in [1.807, 2.05) is 0 Å². The number of alkyl halides is 2. The second kappa shape index (κ2) is 4.46. The molecule has 0 saturated carbocycles. The highest BCUT2D eigenvalue weighted by molar-refractivity contribution is 5.25. The van der Waals surface area contributed by atoms with E-state index in [2.05, 4.69) is 0 Å². The van der Waals surface area contributed by atoms with Crippen molar-refractivity contribution in [3.63, 3.8) is 0 Å². The standard InChI is InChI=1S/C10H12F3N/c1-6-2-3-7(8(11)4-6)9(14)5-10(12)13/h2-4,9-10H,5,14H2,1H3/t9-/m0/s1. The molecule has 4 heteroatoms. The summed E-state index contributed by atoms with van der Waals surface area (Å²) in [4.78, 5) is 0. The van der Waals surface area contributed by atoms with Crippen molar-refractivity contribution in [2.45, 2.75) is 25.8 Å². The van der Waals surface area contributed by atoms with Crippen LogP contribution in [0, 0.1) is 12.7 Å². The molecule has 0 fully saturated rings. The van der Waals surface area contributed by atoms with E-state index >= 15 is 0 Å². The van der Waals surface area contributed by atoms with Crippen molar-refractivity contribution in [1.82, 2.24) is 0 Å². The lowest BCUT2D eigenvalue weighted by atomic mass is 10.0. The van der Waals surface area contributed by atoms with Crippen LogP contribution in [0.1, 0.15) is 23.6 Å². The number of aryl methyl sites for hydroxylation is 1. The van der Waals surface area contributed by atoms with Crippen LogP contribution in [0.5, 0.6) is 0 Å². The summed E-state index contributed by atoms with van der Waals surface area (Å²) in [5, 5.41) is 0. The molecule has 0 radical (unpaired) electrons. The number of rotatable bonds is 3. The van der Waals surface area contributed by atoms with Gasteiger partial charge in [-0.15, -0.1) is 0 Å². The van der Waals surface area contributed by atoms with Gasteiger partial charge in [0.1, 0.15) is 5.82 Å². The van der Waals surface area contributed by atoms with Crippen LogP contribution >= 0.6 is 0 Å². The quantitative estimate of drug-likeness (QED) is 0.803. The predicted molar refractivity (Wildman–Crippen MR) is 48.7 cm³/mol. The number of halogens is 3. The predicted octanol–water partition coefficient (Wildman–Crippen LogP) is 2.79. The third-order valence-electron chi connectivity index (χ3n) is 1.99. The third kappa shape index (κ3) is 2.73. The smallest absolute Gasteiger partial charge is 0.240 e. The normalized spacial score (nSPS) is 13.3. The van der Waals surface area contributed by atoms with Crippen LogP contribution in [0.3, 0.4) is 0 Å². The number of hydrogen-bond acceptors (Lipinski definition) is 1. The van der Waals surface area contributed by atoms with Crippen LogP contribution in [0.25, 0.3) is 0 Å². The van der Waals surface area contributed by atoms with Crippen molar-refractivity contribution < 1.29 is 13.2 Å². The Balaban J connectivity index is 2.84. The molecule has 78 valence electrons. The van der Waals surface area contributed by atoms with E-state index in [1.165, 1.54) is 12.1 Å². The molecule has 2 N–H and O–H groups in total. The van der Waals surface area contributed by atoms with Gasteiger partial charge < -0.3 is 5.73 Å². The maximum atomic E-state index is 13.2. The van der Waals surface area contributed by atoms with Gasteiger partial charge in [0.05, 0.1) is 0 Å². The summed E-state index contributed by atoms with van der Waals surface area (Å²) in [5.41, 5.74) is 6.32. The van der Waals surface area contributed by atoms with E-state index in [0.29, 0.717) is 0 Å². The SMILES string of the molecule is Cc1ccc([C@@H](N)CC(F)F)c(F)c1. The van der Waals surface area contributed by atoms with Gasteiger partial charge >= 0.3 is 0 Å². The molecule has 0 aliphatic rings. The first kappa shape index (κ1) is 11.0. The first-order chi connectivity index (χ1) is 6.50. The molecule has 0 spiro atoms. The molecule has 0 unspecified atom stereocenters. The monoisotopic (exact) mass is 203 g/mol. The zero-order valence-electron chi connectivity index (χ0n) is 7.81. The van der Waals surface area contributed by atoms with Gasteiger partial charge in [0.25, 0.3) is 0 Å². The van der Waals surface area contributed by atoms with Crippen molar-refractivity contribution >= 4 is 0 Å². The van der Waals surface area contributed by atoms with E-state index in [1.54, 1.807) is 13.0 Å². The third-order valence-corrected chi connectivity index (χ3v) is 1.99. The Morgan fingerprint density at radius 2 is 2.00 bits per heavy atom. The molecule has 0 aromatic heterocycles. The molecule has 0 heterocycles. The molecule has 0 aliphatic carbocycles. The van der Waals surface area contributed by atoms with Crippen LogP contribution in [0.2, 0.25) is 0 Å². The van der Waals surface area contributed by atoms with Gasteiger partial charge in [-0.1, -0.05) is 12.1 Å². The van der Waals surface area contributed by atoms with Crippen LogP contribution in [0.4, 0.5) is 13.2 Å². The Morgan fingerprint density at radius 1 is 1.36 bits per heavy atom. The summed E-state index contributed by atoms with van der Waals surface area (Å²) >= 11 is 0. The highest BCUT2D eigenvalue weighted by atomic mass is 19.3. The van der Waals surface area contributed by atoms with Crippen molar-refractivity contribution in [3.05, 3.63) is 35.1 Å². The van der Waals surface area contributed by atoms with Crippen molar-refractivity contribution in [3.8, 4) is 0 Å². The fourth-order valence-electron chi connectivity index (χ4n) is 1.25. The van der Waals surface area contributed by atoms with Gasteiger partial charge in [0.2, 0.25) is 6.43 Å². The zero-order valence-corrected chi connectivity index (χ0v) is 7.81. The van der Waals surface area contributed by atoms with Crippen molar-refractivity contribution in [2.75, 3.05) is 0 Å². The molecular weight excluding hydrogens is 191 g/mol. The molecule has 0 bridgehead atoms. The maximum absolute atomic E-state index is 13.2. The largest absolute Gasteiger partial charge is 0.324 e. The van der Waals surface area contributed by atoms with E-state index in [-0.39, 0.29) is 5.56 Å². The Kier molecular flexibility index (Phi) is 3.52. The molecule has 1 aromatic rings. The molecule has 0 amide bonds. The van der Waals surface area contributed by atoms with E-state index < -0.39 is 24.7 Å². The van der Waals surface area contributed by atoms with Gasteiger partial charge in [-0.25, -0.2) is 13.2 Å². The average molecular weight is 203 g/mol. The minimum atomic E-state index is -2.51. The molecule has 0 aliphatic heterocycles. The molecular formula is C10H12F3N. The number of hydrogen-bond donors (Lipinski definition) is 1. The lowest BCUT2D eigenvalue weighted by molar-refractivity contribution is 0.128. The highest BCUT2D eigenvalue weighted by Crippen LogP contribution is 2.21. The summed E-state index contributed by atoms with van der Waals surface area (Å²) in [6, 6.07) is 3.47. The molecule has 1 atom stereocenters. The van der Waals surface area contributed by atoms with Gasteiger partial charge in [0.15, 0.2) is 0 Å². The van der Waals surface area contributed by atoms with Crippen LogP contribution in [0.15, 0.2) is 18.2 Å². The van der Waals surface area contributed by atoms with E-state index in [9.17, 15) is 13.2 Å². The van der Waals surface area contributed by atoms with Gasteiger partial charge in [0, 0.05) is 18.0 Å². The van der Waals surface area contributed by atoms with E-state index in [0.717, 1.165) is 5.56 Å². The minimum absolute atomic E-state index is 0.149. The Labute approximate surface area is 80.7 Å². The van der Waals surface area contributed by atoms with Crippen LogP contribution < -0.4 is 5.73 Å². The topological polar surface area (TPSA) is 26.0 Å². The lowest BCUT2D eigenvalue weighted by Gasteiger charge is -2.12. The van der Waals surface area contributed by atoms with Gasteiger partial charge in [-0.05, 0) is 18.6 Å². The second-order valence-corrected chi connectivity index (χ2v) is 3.26. The second-order valence-electron chi connectivity index (χ2n) is 3.26. The first-order valence-electron chi connectivity index (χ1n) is 4.30. The van der Waals surface area contributed by atoms with E-state index in [4.69, 9.17) is 5.73 Å². The molecule has 1 rings (SSSR count). The Hall–Kier alpha value is -1.03. The molecule has 1 nitrogen and oxygen atoms in total. The van der Waals surface area contributed by atoms with Crippen molar-refractivity contribution in [2.24, 2.45) is 5.73 Å². The summed E-state index contributed by atoms with van der Waals surface area (Å²) in [6.45, 7) is 1.73. The summed E-state index contributed by atoms with van der Waals surface area (Å²) in [6.07, 6.45) is -3.02. The van der Waals surface area contributed by atoms with Gasteiger partial charge in [-0.2, -0.15) is 0 Å². The first-order valence-corrected chi connectivity index (χ1v) is 4.30. The number of benzene rings is 1. The van der Waals surface area contributed by atoms with Gasteiger partial charge in [-0.3, -0.25) is 0 Å².